The lowest BCUT2D eigenvalue weighted by Gasteiger charge is -2.10. The molecule has 2 amide bonds. The first-order valence-electron chi connectivity index (χ1n) is 8.81. The van der Waals surface area contributed by atoms with Crippen LogP contribution < -0.4 is 5.32 Å². The molecule has 5 nitrogen and oxygen atoms in total. The van der Waals surface area contributed by atoms with Gasteiger partial charge in [0.15, 0.2) is 5.17 Å². The molecule has 0 aliphatic carbocycles. The number of amides is 2. The number of carbonyl (C=O) groups excluding carboxylic acids is 2. The summed E-state index contributed by atoms with van der Waals surface area (Å²) in [5, 5.41) is 3.04. The Balaban J connectivity index is 1.72. The monoisotopic (exact) mass is 381 g/mol. The molecule has 6 heteroatoms. The molecule has 1 aliphatic heterocycles. The van der Waals surface area contributed by atoms with Gasteiger partial charge in [0.1, 0.15) is 5.25 Å². The van der Waals surface area contributed by atoms with Crippen LogP contribution in [0, 0.1) is 20.8 Å². The first-order valence-corrected chi connectivity index (χ1v) is 9.69. The van der Waals surface area contributed by atoms with Gasteiger partial charge in [-0.1, -0.05) is 42.1 Å². The summed E-state index contributed by atoms with van der Waals surface area (Å²) in [6.07, 6.45) is 0.119. The highest BCUT2D eigenvalue weighted by Gasteiger charge is 2.37. The number of nitrogens with one attached hydrogen (secondary N) is 1. The minimum Gasteiger partial charge on any atom is -0.326 e. The number of rotatable bonds is 4. The van der Waals surface area contributed by atoms with Gasteiger partial charge in [0.25, 0.3) is 0 Å². The minimum atomic E-state index is -0.456. The van der Waals surface area contributed by atoms with Gasteiger partial charge in [-0.15, -0.1) is 0 Å². The smallest absolute Gasteiger partial charge is 0.242 e. The zero-order valence-corrected chi connectivity index (χ0v) is 16.8. The van der Waals surface area contributed by atoms with Crippen LogP contribution in [-0.4, -0.2) is 34.2 Å². The first-order chi connectivity index (χ1) is 12.8. The second-order valence-electron chi connectivity index (χ2n) is 6.76. The van der Waals surface area contributed by atoms with Crippen LogP contribution in [0.4, 0.5) is 11.4 Å². The molecule has 1 N–H and O–H groups in total. The standard InChI is InChI=1S/C21H23N3O2S/c1-13-7-5-10-16(11-13)22-18(25)12-17-20(26)24(4)21(27-17)23-19-14(2)8-6-9-15(19)3/h5-11,17H,12H2,1-4H3,(H,22,25). The highest BCUT2D eigenvalue weighted by Crippen LogP contribution is 2.32. The summed E-state index contributed by atoms with van der Waals surface area (Å²) in [6, 6.07) is 13.6. The fourth-order valence-corrected chi connectivity index (χ4v) is 4.12. The van der Waals surface area contributed by atoms with Crippen LogP contribution in [0.25, 0.3) is 0 Å². The third-order valence-corrected chi connectivity index (χ3v) is 5.69. The Labute approximate surface area is 163 Å². The Kier molecular flexibility index (Phi) is 5.65. The molecule has 27 heavy (non-hydrogen) atoms. The number of hydrogen-bond donors (Lipinski definition) is 1. The van der Waals surface area contributed by atoms with Crippen molar-refractivity contribution in [1.29, 1.82) is 0 Å². The summed E-state index contributed by atoms with van der Waals surface area (Å²) in [5.74, 6) is -0.266. The Bertz CT molecular complexity index is 903. The molecule has 0 aromatic heterocycles. The van der Waals surface area contributed by atoms with Crippen LogP contribution in [0.2, 0.25) is 0 Å². The van der Waals surface area contributed by atoms with Gasteiger partial charge in [0.05, 0.1) is 5.69 Å². The highest BCUT2D eigenvalue weighted by atomic mass is 32.2. The molecule has 1 saturated heterocycles. The summed E-state index contributed by atoms with van der Waals surface area (Å²) in [5.41, 5.74) is 4.81. The Morgan fingerprint density at radius 2 is 1.81 bits per heavy atom. The number of hydrogen-bond acceptors (Lipinski definition) is 4. The maximum atomic E-state index is 12.6. The number of aryl methyl sites for hydroxylation is 3. The van der Waals surface area contributed by atoms with Crippen LogP contribution in [0.1, 0.15) is 23.1 Å². The lowest BCUT2D eigenvalue weighted by molar-refractivity contribution is -0.127. The number of nitrogens with zero attached hydrogens (tertiary/aromatic N) is 2. The van der Waals surface area contributed by atoms with Crippen molar-refractivity contribution in [1.82, 2.24) is 4.90 Å². The van der Waals surface area contributed by atoms with Crippen molar-refractivity contribution >= 4 is 40.1 Å². The van der Waals surface area contributed by atoms with Gasteiger partial charge in [-0.25, -0.2) is 4.99 Å². The quantitative estimate of drug-likeness (QED) is 0.863. The molecule has 2 aromatic rings. The van der Waals surface area contributed by atoms with E-state index in [1.165, 1.54) is 11.8 Å². The topological polar surface area (TPSA) is 61.8 Å². The fraction of sp³-hybridized carbons (Fsp3) is 0.286. The Hall–Kier alpha value is -2.60. The van der Waals surface area contributed by atoms with E-state index in [9.17, 15) is 9.59 Å². The van der Waals surface area contributed by atoms with Gasteiger partial charge < -0.3 is 5.32 Å². The Morgan fingerprint density at radius 3 is 2.48 bits per heavy atom. The molecule has 1 heterocycles. The van der Waals surface area contributed by atoms with Crippen LogP contribution in [-0.2, 0) is 9.59 Å². The SMILES string of the molecule is Cc1cccc(NC(=O)CC2SC(=Nc3c(C)cccc3C)N(C)C2=O)c1. The van der Waals surface area contributed by atoms with E-state index < -0.39 is 5.25 Å². The zero-order chi connectivity index (χ0) is 19.6. The summed E-state index contributed by atoms with van der Waals surface area (Å²) in [4.78, 5) is 31.2. The van der Waals surface area contributed by atoms with Gasteiger partial charge in [-0.3, -0.25) is 14.5 Å². The number of benzene rings is 2. The van der Waals surface area contributed by atoms with Gasteiger partial charge in [0, 0.05) is 19.2 Å². The van der Waals surface area contributed by atoms with Crippen LogP contribution in [0.5, 0.6) is 0 Å². The third kappa shape index (κ3) is 4.39. The second-order valence-corrected chi connectivity index (χ2v) is 7.93. The number of thioether (sulfide) groups is 1. The maximum absolute atomic E-state index is 12.6. The van der Waals surface area contributed by atoms with E-state index in [1.807, 2.05) is 63.2 Å². The van der Waals surface area contributed by atoms with E-state index in [4.69, 9.17) is 4.99 Å². The van der Waals surface area contributed by atoms with Crippen molar-refractivity contribution in [3.8, 4) is 0 Å². The summed E-state index contributed by atoms with van der Waals surface area (Å²) in [6.45, 7) is 5.97. The molecular formula is C21H23N3O2S. The Morgan fingerprint density at radius 1 is 1.15 bits per heavy atom. The number of para-hydroxylation sites is 1. The molecule has 1 fully saturated rings. The largest absolute Gasteiger partial charge is 0.326 e. The molecule has 140 valence electrons. The van der Waals surface area contributed by atoms with Crippen LogP contribution in [0.3, 0.4) is 0 Å². The van der Waals surface area contributed by atoms with Gasteiger partial charge in [-0.2, -0.15) is 0 Å². The van der Waals surface area contributed by atoms with Crippen molar-refractivity contribution in [2.24, 2.45) is 4.99 Å². The third-order valence-electron chi connectivity index (χ3n) is 4.46. The van der Waals surface area contributed by atoms with E-state index in [1.54, 1.807) is 11.9 Å². The summed E-state index contributed by atoms with van der Waals surface area (Å²) in [7, 11) is 1.71. The summed E-state index contributed by atoms with van der Waals surface area (Å²) < 4.78 is 0. The number of aliphatic imine (C=N–C) groups is 1. The van der Waals surface area contributed by atoms with E-state index >= 15 is 0 Å². The molecule has 0 saturated carbocycles. The number of anilines is 1. The van der Waals surface area contributed by atoms with Crippen molar-refractivity contribution < 1.29 is 9.59 Å². The maximum Gasteiger partial charge on any atom is 0.242 e. The van der Waals surface area contributed by atoms with Gasteiger partial charge >= 0.3 is 0 Å². The van der Waals surface area contributed by atoms with E-state index in [2.05, 4.69) is 5.32 Å². The number of amidine groups is 1. The van der Waals surface area contributed by atoms with Gasteiger partial charge in [-0.05, 0) is 49.6 Å². The fourth-order valence-electron chi connectivity index (χ4n) is 2.98. The predicted octanol–water partition coefficient (Wildman–Crippen LogP) is 4.20. The molecule has 2 aromatic carbocycles. The average molecular weight is 382 g/mol. The normalized spacial score (nSPS) is 18.2. The minimum absolute atomic E-state index is 0.0932. The van der Waals surface area contributed by atoms with Crippen molar-refractivity contribution in [2.45, 2.75) is 32.4 Å². The molecular weight excluding hydrogens is 358 g/mol. The predicted molar refractivity (Wildman–Crippen MR) is 112 cm³/mol. The highest BCUT2D eigenvalue weighted by molar-refractivity contribution is 8.15. The molecule has 0 radical (unpaired) electrons. The lowest BCUT2D eigenvalue weighted by Crippen LogP contribution is -2.30. The van der Waals surface area contributed by atoms with E-state index in [0.717, 1.165) is 28.1 Å². The van der Waals surface area contributed by atoms with Crippen molar-refractivity contribution in [3.05, 3.63) is 59.2 Å². The zero-order valence-electron chi connectivity index (χ0n) is 15.9. The van der Waals surface area contributed by atoms with Crippen LogP contribution in [0.15, 0.2) is 47.5 Å². The lowest BCUT2D eigenvalue weighted by atomic mass is 10.1. The van der Waals surface area contributed by atoms with Crippen molar-refractivity contribution in [3.63, 3.8) is 0 Å². The molecule has 0 spiro atoms. The van der Waals surface area contributed by atoms with E-state index in [0.29, 0.717) is 5.17 Å². The van der Waals surface area contributed by atoms with Gasteiger partial charge in [0.2, 0.25) is 11.8 Å². The molecule has 1 aliphatic rings. The average Bonchev–Trinajstić information content (AvgIpc) is 2.86. The molecule has 1 unspecified atom stereocenters. The second kappa shape index (κ2) is 7.96. The van der Waals surface area contributed by atoms with Crippen molar-refractivity contribution in [2.75, 3.05) is 12.4 Å². The first kappa shape index (κ1) is 19.2. The number of carbonyl (C=O) groups is 2. The van der Waals surface area contributed by atoms with E-state index in [-0.39, 0.29) is 18.2 Å². The van der Waals surface area contributed by atoms with Crippen LogP contribution >= 0.6 is 11.8 Å². The molecule has 3 rings (SSSR count). The molecule has 1 atom stereocenters. The molecule has 0 bridgehead atoms. The summed E-state index contributed by atoms with van der Waals surface area (Å²) >= 11 is 1.35.